The van der Waals surface area contributed by atoms with E-state index in [1.807, 2.05) is 43.8 Å². The maximum absolute atomic E-state index is 12.3. The molecule has 0 aromatic heterocycles. The fourth-order valence-electron chi connectivity index (χ4n) is 2.19. The van der Waals surface area contributed by atoms with Crippen LogP contribution in [-0.4, -0.2) is 41.4 Å². The van der Waals surface area contributed by atoms with Gasteiger partial charge in [-0.05, 0) is 37.6 Å². The predicted octanol–water partition coefficient (Wildman–Crippen LogP) is 1.95. The summed E-state index contributed by atoms with van der Waals surface area (Å²) >= 11 is 1.95. The highest BCUT2D eigenvalue weighted by Gasteiger charge is 2.23. The van der Waals surface area contributed by atoms with E-state index >= 15 is 0 Å². The summed E-state index contributed by atoms with van der Waals surface area (Å²) in [6.07, 6.45) is 0. The van der Waals surface area contributed by atoms with Crippen LogP contribution in [0, 0.1) is 6.92 Å². The molecule has 0 aliphatic carbocycles. The van der Waals surface area contributed by atoms with E-state index < -0.39 is 0 Å². The summed E-state index contributed by atoms with van der Waals surface area (Å²) in [5.74, 6) is 2.27. The van der Waals surface area contributed by atoms with Crippen LogP contribution in [0.3, 0.4) is 0 Å². The van der Waals surface area contributed by atoms with Gasteiger partial charge in [0, 0.05) is 36.0 Å². The number of nitrogens with zero attached hydrogens (tertiary/aromatic N) is 1. The number of anilines is 2. The summed E-state index contributed by atoms with van der Waals surface area (Å²) in [6, 6.07) is 5.46. The number of nitrogens with one attached hydrogen (secondary N) is 1. The molecule has 1 aliphatic heterocycles. The minimum absolute atomic E-state index is 0.0553. The van der Waals surface area contributed by atoms with E-state index in [-0.39, 0.29) is 11.9 Å². The van der Waals surface area contributed by atoms with Crippen molar-refractivity contribution >= 4 is 29.0 Å². The zero-order valence-electron chi connectivity index (χ0n) is 11.5. The lowest BCUT2D eigenvalue weighted by molar-refractivity contribution is -0.120. The van der Waals surface area contributed by atoms with Gasteiger partial charge in [0.05, 0.1) is 6.04 Å². The second-order valence-corrected chi connectivity index (χ2v) is 6.11. The van der Waals surface area contributed by atoms with E-state index in [1.165, 1.54) is 0 Å². The summed E-state index contributed by atoms with van der Waals surface area (Å²) in [5, 5.41) is 2.99. The first-order chi connectivity index (χ1) is 9.08. The van der Waals surface area contributed by atoms with Gasteiger partial charge in [0.1, 0.15) is 0 Å². The quantitative estimate of drug-likeness (QED) is 0.830. The highest BCUT2D eigenvalue weighted by molar-refractivity contribution is 7.99. The van der Waals surface area contributed by atoms with Gasteiger partial charge in [0.2, 0.25) is 5.91 Å². The van der Waals surface area contributed by atoms with Crippen molar-refractivity contribution in [3.63, 3.8) is 0 Å². The molecule has 104 valence electrons. The standard InChI is InChI=1S/C14H21N3OS/c1-10-9-12(15)3-4-13(10)16-14(18)11(2)17-5-7-19-8-6-17/h3-4,9,11H,5-8,15H2,1-2H3,(H,16,18). The summed E-state index contributed by atoms with van der Waals surface area (Å²) < 4.78 is 0. The van der Waals surface area contributed by atoms with E-state index in [0.29, 0.717) is 0 Å². The van der Waals surface area contributed by atoms with Crippen LogP contribution in [0.25, 0.3) is 0 Å². The third-order valence-corrected chi connectivity index (χ3v) is 4.42. The summed E-state index contributed by atoms with van der Waals surface area (Å²) in [5.41, 5.74) is 8.27. The Kier molecular flexibility index (Phi) is 4.71. The van der Waals surface area contributed by atoms with Crippen LogP contribution in [0.1, 0.15) is 12.5 Å². The van der Waals surface area contributed by atoms with E-state index in [2.05, 4.69) is 10.2 Å². The first-order valence-corrected chi connectivity index (χ1v) is 7.72. The average molecular weight is 279 g/mol. The molecular formula is C14H21N3OS. The Morgan fingerprint density at radius 2 is 2.11 bits per heavy atom. The Balaban J connectivity index is 1.99. The zero-order chi connectivity index (χ0) is 13.8. The van der Waals surface area contributed by atoms with Crippen LogP contribution in [0.4, 0.5) is 11.4 Å². The number of aryl methyl sites for hydroxylation is 1. The van der Waals surface area contributed by atoms with Gasteiger partial charge in [-0.15, -0.1) is 0 Å². The zero-order valence-corrected chi connectivity index (χ0v) is 12.3. The third-order valence-electron chi connectivity index (χ3n) is 3.48. The number of nitrogens with two attached hydrogens (primary N) is 1. The average Bonchev–Trinajstić information content (AvgIpc) is 2.42. The SMILES string of the molecule is Cc1cc(N)ccc1NC(=O)C(C)N1CCSCC1. The van der Waals surface area contributed by atoms with Gasteiger partial charge in [-0.2, -0.15) is 11.8 Å². The van der Waals surface area contributed by atoms with Crippen LogP contribution in [0.5, 0.6) is 0 Å². The molecule has 0 spiro atoms. The van der Waals surface area contributed by atoms with Gasteiger partial charge in [-0.1, -0.05) is 0 Å². The molecule has 2 rings (SSSR count). The van der Waals surface area contributed by atoms with E-state index in [1.54, 1.807) is 0 Å². The normalized spacial score (nSPS) is 18.0. The lowest BCUT2D eigenvalue weighted by Gasteiger charge is -2.31. The number of carbonyl (C=O) groups is 1. The first-order valence-electron chi connectivity index (χ1n) is 6.56. The third kappa shape index (κ3) is 3.64. The molecule has 0 radical (unpaired) electrons. The van der Waals surface area contributed by atoms with Crippen molar-refractivity contribution in [1.82, 2.24) is 4.90 Å². The molecule has 19 heavy (non-hydrogen) atoms. The van der Waals surface area contributed by atoms with E-state index in [0.717, 1.165) is 41.5 Å². The second kappa shape index (κ2) is 6.30. The fourth-order valence-corrected chi connectivity index (χ4v) is 3.13. The van der Waals surface area contributed by atoms with Crippen molar-refractivity contribution in [1.29, 1.82) is 0 Å². The summed E-state index contributed by atoms with van der Waals surface area (Å²) in [6.45, 7) is 5.89. The highest BCUT2D eigenvalue weighted by atomic mass is 32.2. The first kappa shape index (κ1) is 14.2. The van der Waals surface area contributed by atoms with Crippen molar-refractivity contribution in [2.24, 2.45) is 0 Å². The van der Waals surface area contributed by atoms with Gasteiger partial charge < -0.3 is 11.1 Å². The fraction of sp³-hybridized carbons (Fsp3) is 0.500. The number of carbonyl (C=O) groups excluding carboxylic acids is 1. The lowest BCUT2D eigenvalue weighted by atomic mass is 10.1. The molecule has 1 unspecified atom stereocenters. The minimum Gasteiger partial charge on any atom is -0.399 e. The van der Waals surface area contributed by atoms with Gasteiger partial charge in [-0.25, -0.2) is 0 Å². The number of amides is 1. The number of benzene rings is 1. The molecule has 3 N–H and O–H groups in total. The van der Waals surface area contributed by atoms with Crippen LogP contribution < -0.4 is 11.1 Å². The maximum atomic E-state index is 12.3. The molecule has 1 saturated heterocycles. The van der Waals surface area contributed by atoms with Gasteiger partial charge in [0.25, 0.3) is 0 Å². The van der Waals surface area contributed by atoms with Crippen molar-refractivity contribution < 1.29 is 4.79 Å². The van der Waals surface area contributed by atoms with Crippen LogP contribution in [0.2, 0.25) is 0 Å². The molecule has 1 aliphatic rings. The molecule has 0 saturated carbocycles. The molecule has 1 fully saturated rings. The number of hydrogen-bond acceptors (Lipinski definition) is 4. The number of rotatable bonds is 3. The predicted molar refractivity (Wildman–Crippen MR) is 82.6 cm³/mol. The van der Waals surface area contributed by atoms with Gasteiger partial charge >= 0.3 is 0 Å². The number of thioether (sulfide) groups is 1. The number of nitrogen functional groups attached to an aromatic ring is 1. The Morgan fingerprint density at radius 1 is 1.42 bits per heavy atom. The molecule has 4 nitrogen and oxygen atoms in total. The Hall–Kier alpha value is -1.20. The molecule has 1 atom stereocenters. The van der Waals surface area contributed by atoms with Crippen LogP contribution >= 0.6 is 11.8 Å². The molecule has 1 aromatic carbocycles. The van der Waals surface area contributed by atoms with Crippen molar-refractivity contribution in [2.75, 3.05) is 35.6 Å². The van der Waals surface area contributed by atoms with E-state index in [4.69, 9.17) is 5.73 Å². The molecule has 1 aromatic rings. The smallest absolute Gasteiger partial charge is 0.241 e. The largest absolute Gasteiger partial charge is 0.399 e. The Bertz CT molecular complexity index is 458. The molecule has 1 amide bonds. The van der Waals surface area contributed by atoms with E-state index in [9.17, 15) is 4.79 Å². The molecule has 5 heteroatoms. The highest BCUT2D eigenvalue weighted by Crippen LogP contribution is 2.19. The molecule has 0 bridgehead atoms. The second-order valence-electron chi connectivity index (χ2n) is 4.89. The number of hydrogen-bond donors (Lipinski definition) is 2. The molecular weight excluding hydrogens is 258 g/mol. The van der Waals surface area contributed by atoms with Crippen molar-refractivity contribution in [2.45, 2.75) is 19.9 Å². The minimum atomic E-state index is -0.0853. The summed E-state index contributed by atoms with van der Waals surface area (Å²) in [7, 11) is 0. The topological polar surface area (TPSA) is 58.4 Å². The van der Waals surface area contributed by atoms with Crippen LogP contribution in [0.15, 0.2) is 18.2 Å². The van der Waals surface area contributed by atoms with Crippen molar-refractivity contribution in [3.8, 4) is 0 Å². The Labute approximate surface area is 118 Å². The van der Waals surface area contributed by atoms with Crippen LogP contribution in [-0.2, 0) is 4.79 Å². The summed E-state index contributed by atoms with van der Waals surface area (Å²) in [4.78, 5) is 14.5. The molecule has 1 heterocycles. The lowest BCUT2D eigenvalue weighted by Crippen LogP contribution is -2.46. The Morgan fingerprint density at radius 3 is 2.74 bits per heavy atom. The van der Waals surface area contributed by atoms with Gasteiger partial charge in [0.15, 0.2) is 0 Å². The van der Waals surface area contributed by atoms with Crippen molar-refractivity contribution in [3.05, 3.63) is 23.8 Å². The van der Waals surface area contributed by atoms with Gasteiger partial charge in [-0.3, -0.25) is 9.69 Å². The maximum Gasteiger partial charge on any atom is 0.241 e. The monoisotopic (exact) mass is 279 g/mol.